The van der Waals surface area contributed by atoms with Crippen LogP contribution >= 0.6 is 11.8 Å². The molecule has 0 saturated heterocycles. The van der Waals surface area contributed by atoms with Crippen LogP contribution in [0.1, 0.15) is 43.2 Å². The molecule has 6 heteroatoms. The number of hydrogen-bond acceptors (Lipinski definition) is 4. The van der Waals surface area contributed by atoms with Crippen LogP contribution in [0.25, 0.3) is 0 Å². The smallest absolute Gasteiger partial charge is 0.254 e. The Kier molecular flexibility index (Phi) is 6.55. The van der Waals surface area contributed by atoms with E-state index >= 15 is 0 Å². The van der Waals surface area contributed by atoms with Crippen LogP contribution < -0.4 is 5.32 Å². The Morgan fingerprint density at radius 2 is 2.15 bits per heavy atom. The molecule has 0 radical (unpaired) electrons. The van der Waals surface area contributed by atoms with Crippen molar-refractivity contribution in [1.29, 1.82) is 0 Å². The molecule has 0 fully saturated rings. The van der Waals surface area contributed by atoms with Gasteiger partial charge in [-0.05, 0) is 12.2 Å². The number of nitrogens with one attached hydrogen (secondary N) is 1. The minimum atomic E-state index is -0.149. The number of hydrogen-bond donors (Lipinski definition) is 2. The summed E-state index contributed by atoms with van der Waals surface area (Å²) in [6.07, 6.45) is 2.57. The minimum absolute atomic E-state index is 0.0641. The number of amides is 1. The number of aliphatic hydroxyl groups is 1. The highest BCUT2D eigenvalue weighted by Gasteiger charge is 2.25. The highest BCUT2D eigenvalue weighted by atomic mass is 32.2. The zero-order valence-corrected chi connectivity index (χ0v) is 13.6. The van der Waals surface area contributed by atoms with Crippen LogP contribution in [-0.2, 0) is 12.5 Å². The van der Waals surface area contributed by atoms with Crippen LogP contribution in [0.4, 0.5) is 0 Å². The van der Waals surface area contributed by atoms with Gasteiger partial charge >= 0.3 is 0 Å². The lowest BCUT2D eigenvalue weighted by atomic mass is 9.89. The van der Waals surface area contributed by atoms with Gasteiger partial charge in [-0.15, -0.1) is 0 Å². The number of thioether (sulfide) groups is 1. The zero-order chi connectivity index (χ0) is 15.2. The molecular weight excluding hydrogens is 274 g/mol. The molecule has 2 N–H and O–H groups in total. The summed E-state index contributed by atoms with van der Waals surface area (Å²) in [6.45, 7) is 7.02. The van der Waals surface area contributed by atoms with E-state index in [0.717, 1.165) is 23.6 Å². The molecule has 0 saturated carbocycles. The number of nitrogens with zero attached hydrogens (tertiary/aromatic N) is 2. The molecule has 0 aliphatic heterocycles. The molecule has 0 spiro atoms. The van der Waals surface area contributed by atoms with Gasteiger partial charge in [0.1, 0.15) is 0 Å². The first kappa shape index (κ1) is 17.0. The molecule has 0 aromatic carbocycles. The zero-order valence-electron chi connectivity index (χ0n) is 12.8. The molecule has 1 heterocycles. The number of aryl methyl sites for hydroxylation is 1. The Balaban J connectivity index is 2.52. The van der Waals surface area contributed by atoms with Crippen molar-refractivity contribution in [2.75, 3.05) is 24.7 Å². The fraction of sp³-hybridized carbons (Fsp3) is 0.714. The fourth-order valence-electron chi connectivity index (χ4n) is 1.81. The molecule has 0 atom stereocenters. The average molecular weight is 299 g/mol. The second-order valence-electron chi connectivity index (χ2n) is 5.76. The number of carbonyl (C=O) groups is 1. The van der Waals surface area contributed by atoms with Crippen molar-refractivity contribution in [2.24, 2.45) is 7.05 Å². The van der Waals surface area contributed by atoms with Crippen LogP contribution in [0.3, 0.4) is 0 Å². The molecule has 114 valence electrons. The third kappa shape index (κ3) is 5.17. The molecule has 1 aromatic rings. The number of aliphatic hydroxyl groups excluding tert-OH is 1. The molecule has 0 bridgehead atoms. The van der Waals surface area contributed by atoms with Gasteiger partial charge in [-0.25, -0.2) is 0 Å². The van der Waals surface area contributed by atoms with Crippen molar-refractivity contribution in [3.8, 4) is 0 Å². The van der Waals surface area contributed by atoms with Gasteiger partial charge in [0.25, 0.3) is 5.91 Å². The molecule has 1 amide bonds. The highest BCUT2D eigenvalue weighted by molar-refractivity contribution is 7.99. The highest BCUT2D eigenvalue weighted by Crippen LogP contribution is 2.23. The summed E-state index contributed by atoms with van der Waals surface area (Å²) in [5.74, 6) is 1.72. The van der Waals surface area contributed by atoms with Crippen LogP contribution in [0, 0.1) is 0 Å². The van der Waals surface area contributed by atoms with Crippen LogP contribution in [-0.4, -0.2) is 45.5 Å². The molecular formula is C14H25N3O2S. The Morgan fingerprint density at radius 3 is 2.75 bits per heavy atom. The van der Waals surface area contributed by atoms with Crippen LogP contribution in [0.15, 0.2) is 6.20 Å². The van der Waals surface area contributed by atoms with Gasteiger partial charge in [0.05, 0.1) is 11.3 Å². The second kappa shape index (κ2) is 7.69. The van der Waals surface area contributed by atoms with E-state index in [9.17, 15) is 4.79 Å². The number of rotatable bonds is 7. The van der Waals surface area contributed by atoms with Crippen molar-refractivity contribution in [3.05, 3.63) is 17.5 Å². The summed E-state index contributed by atoms with van der Waals surface area (Å²) in [5.41, 5.74) is 1.33. The quantitative estimate of drug-likeness (QED) is 0.750. The van der Waals surface area contributed by atoms with E-state index in [-0.39, 0.29) is 17.9 Å². The molecule has 0 aliphatic carbocycles. The minimum Gasteiger partial charge on any atom is -0.396 e. The Morgan fingerprint density at radius 1 is 1.45 bits per heavy atom. The molecule has 0 unspecified atom stereocenters. The first-order valence-electron chi connectivity index (χ1n) is 6.87. The third-order valence-corrected chi connectivity index (χ3v) is 3.83. The van der Waals surface area contributed by atoms with Crippen molar-refractivity contribution < 1.29 is 9.90 Å². The van der Waals surface area contributed by atoms with Gasteiger partial charge in [-0.2, -0.15) is 16.9 Å². The maximum atomic E-state index is 12.2. The number of aromatic nitrogens is 2. The first-order chi connectivity index (χ1) is 9.36. The lowest BCUT2D eigenvalue weighted by molar-refractivity contribution is 0.0954. The summed E-state index contributed by atoms with van der Waals surface area (Å²) in [4.78, 5) is 12.2. The molecule has 0 aliphatic rings. The second-order valence-corrected chi connectivity index (χ2v) is 6.99. The summed E-state index contributed by atoms with van der Waals surface area (Å²) in [6, 6.07) is 0. The summed E-state index contributed by atoms with van der Waals surface area (Å²) in [7, 11) is 1.83. The predicted octanol–water partition coefficient (Wildman–Crippen LogP) is 1.56. The SMILES string of the molecule is Cn1cc(C(=O)NCCSCCCO)c(C(C)(C)C)n1. The first-order valence-corrected chi connectivity index (χ1v) is 8.02. The van der Waals surface area contributed by atoms with Gasteiger partial charge < -0.3 is 10.4 Å². The fourth-order valence-corrected chi connectivity index (χ4v) is 2.59. The third-order valence-electron chi connectivity index (χ3n) is 2.76. The average Bonchev–Trinajstić information content (AvgIpc) is 2.75. The van der Waals surface area contributed by atoms with Crippen molar-refractivity contribution in [1.82, 2.24) is 15.1 Å². The predicted molar refractivity (Wildman–Crippen MR) is 83.3 cm³/mol. The van der Waals surface area contributed by atoms with Gasteiger partial charge in [-0.1, -0.05) is 20.8 Å². The largest absolute Gasteiger partial charge is 0.396 e. The maximum absolute atomic E-state index is 12.2. The summed E-state index contributed by atoms with van der Waals surface area (Å²) >= 11 is 1.73. The van der Waals surface area contributed by atoms with Crippen molar-refractivity contribution >= 4 is 17.7 Å². The van der Waals surface area contributed by atoms with Crippen LogP contribution in [0.2, 0.25) is 0 Å². The van der Waals surface area contributed by atoms with Gasteiger partial charge in [0.15, 0.2) is 0 Å². The lowest BCUT2D eigenvalue weighted by Crippen LogP contribution is -2.28. The van der Waals surface area contributed by atoms with E-state index in [0.29, 0.717) is 12.1 Å². The van der Waals surface area contributed by atoms with Gasteiger partial charge in [0, 0.05) is 37.6 Å². The van der Waals surface area contributed by atoms with E-state index in [1.54, 1.807) is 22.6 Å². The lowest BCUT2D eigenvalue weighted by Gasteiger charge is -2.17. The van der Waals surface area contributed by atoms with E-state index in [1.807, 2.05) is 7.05 Å². The van der Waals surface area contributed by atoms with E-state index in [4.69, 9.17) is 5.11 Å². The number of carbonyl (C=O) groups excluding carboxylic acids is 1. The maximum Gasteiger partial charge on any atom is 0.254 e. The topological polar surface area (TPSA) is 67.2 Å². The molecule has 20 heavy (non-hydrogen) atoms. The standard InChI is InChI=1S/C14H25N3O2S/c1-14(2,3)12-11(10-17(4)16-12)13(19)15-6-9-20-8-5-7-18/h10,18H,5-9H2,1-4H3,(H,15,19). The van der Waals surface area contributed by atoms with Crippen molar-refractivity contribution in [2.45, 2.75) is 32.6 Å². The Labute approximate surface area is 125 Å². The van der Waals surface area contributed by atoms with Crippen molar-refractivity contribution in [3.63, 3.8) is 0 Å². The van der Waals surface area contributed by atoms with E-state index in [1.165, 1.54) is 0 Å². The Hall–Kier alpha value is -1.01. The summed E-state index contributed by atoms with van der Waals surface area (Å²) < 4.78 is 1.69. The molecule has 1 aromatic heterocycles. The normalized spacial score (nSPS) is 11.7. The molecule has 1 rings (SSSR count). The van der Waals surface area contributed by atoms with Crippen LogP contribution in [0.5, 0.6) is 0 Å². The van der Waals surface area contributed by atoms with Gasteiger partial charge in [0.2, 0.25) is 0 Å². The Bertz CT molecular complexity index is 438. The summed E-state index contributed by atoms with van der Waals surface area (Å²) in [5, 5.41) is 16.0. The monoisotopic (exact) mass is 299 g/mol. The van der Waals surface area contributed by atoms with E-state index < -0.39 is 0 Å². The molecule has 5 nitrogen and oxygen atoms in total. The van der Waals surface area contributed by atoms with Gasteiger partial charge in [-0.3, -0.25) is 9.48 Å². The van der Waals surface area contributed by atoms with E-state index in [2.05, 4.69) is 31.2 Å².